The highest BCUT2D eigenvalue weighted by Crippen LogP contribution is 2.26. The summed E-state index contributed by atoms with van der Waals surface area (Å²) in [7, 11) is 1.18. The molecule has 1 aliphatic rings. The molecule has 80 valence electrons. The summed E-state index contributed by atoms with van der Waals surface area (Å²) >= 11 is 0. The molecule has 1 aliphatic carbocycles. The van der Waals surface area contributed by atoms with Crippen LogP contribution in [0, 0.1) is 11.5 Å². The van der Waals surface area contributed by atoms with Gasteiger partial charge >= 0.3 is 0 Å². The maximum Gasteiger partial charge on any atom is 0.294 e. The smallest absolute Gasteiger partial charge is 0.294 e. The summed E-state index contributed by atoms with van der Waals surface area (Å²) in [6.45, 7) is 0. The van der Waals surface area contributed by atoms with Gasteiger partial charge in [-0.2, -0.15) is 5.26 Å². The molecule has 7 nitrogen and oxygen atoms in total. The molecule has 0 aromatic heterocycles. The maximum absolute atomic E-state index is 11.6. The first-order valence-corrected chi connectivity index (χ1v) is 4.26. The van der Waals surface area contributed by atoms with E-state index in [-0.39, 0.29) is 6.04 Å². The number of carbonyl (C=O) groups excluding carboxylic acids is 2. The third-order valence-corrected chi connectivity index (χ3v) is 1.86. The van der Waals surface area contributed by atoms with E-state index in [4.69, 9.17) is 11.0 Å². The lowest BCUT2D eigenvalue weighted by molar-refractivity contribution is -0.123. The number of primary amides is 1. The molecule has 0 unspecified atom stereocenters. The maximum atomic E-state index is 11.6. The molecule has 0 heterocycles. The Morgan fingerprint density at radius 1 is 1.60 bits per heavy atom. The van der Waals surface area contributed by atoms with Crippen LogP contribution in [0.15, 0.2) is 5.16 Å². The van der Waals surface area contributed by atoms with E-state index in [1.165, 1.54) is 7.11 Å². The molecule has 15 heavy (non-hydrogen) atoms. The Hall–Kier alpha value is -2.10. The van der Waals surface area contributed by atoms with Crippen LogP contribution < -0.4 is 5.73 Å². The summed E-state index contributed by atoms with van der Waals surface area (Å²) in [6, 6.07) is -0.135. The number of amides is 2. The number of nitrogens with zero attached hydrogens (tertiary/aromatic N) is 3. The Kier molecular flexibility index (Phi) is 3.23. The average Bonchev–Trinajstić information content (AvgIpc) is 2.98. The molecule has 0 aliphatic heterocycles. The van der Waals surface area contributed by atoms with Crippen molar-refractivity contribution in [2.24, 2.45) is 10.9 Å². The number of rotatable bonds is 4. The molecular formula is C8H10N4O3. The van der Waals surface area contributed by atoms with Gasteiger partial charge in [-0.1, -0.05) is 5.16 Å². The lowest BCUT2D eigenvalue weighted by Crippen LogP contribution is -2.41. The normalized spacial score (nSPS) is 15.3. The summed E-state index contributed by atoms with van der Waals surface area (Å²) in [5.74, 6) is -1.82. The predicted molar refractivity (Wildman–Crippen MR) is 49.1 cm³/mol. The van der Waals surface area contributed by atoms with Gasteiger partial charge in [-0.25, -0.2) is 4.90 Å². The first kappa shape index (κ1) is 11.0. The van der Waals surface area contributed by atoms with Gasteiger partial charge in [0.25, 0.3) is 11.8 Å². The van der Waals surface area contributed by atoms with Crippen LogP contribution in [-0.2, 0) is 14.4 Å². The van der Waals surface area contributed by atoms with Crippen LogP contribution in [-0.4, -0.2) is 35.6 Å². The SMILES string of the molecule is CON=C(C(N)=O)C(=O)N(C#N)C1CC1. The van der Waals surface area contributed by atoms with Crippen molar-refractivity contribution in [1.82, 2.24) is 4.90 Å². The monoisotopic (exact) mass is 210 g/mol. The lowest BCUT2D eigenvalue weighted by Gasteiger charge is -2.11. The van der Waals surface area contributed by atoms with Crippen LogP contribution in [0.2, 0.25) is 0 Å². The van der Waals surface area contributed by atoms with Crippen molar-refractivity contribution in [2.45, 2.75) is 18.9 Å². The van der Waals surface area contributed by atoms with E-state index in [1.807, 2.05) is 0 Å². The van der Waals surface area contributed by atoms with Crippen LogP contribution in [0.5, 0.6) is 0 Å². The average molecular weight is 210 g/mol. The standard InChI is InChI=1S/C8H10N4O3/c1-15-11-6(7(10)13)8(14)12(4-9)5-2-3-5/h5H,2-3H2,1H3,(H2,10,13). The first-order valence-electron chi connectivity index (χ1n) is 4.26. The number of oxime groups is 1. The van der Waals surface area contributed by atoms with E-state index < -0.39 is 17.5 Å². The highest BCUT2D eigenvalue weighted by atomic mass is 16.6. The van der Waals surface area contributed by atoms with Gasteiger partial charge in [0, 0.05) is 6.04 Å². The van der Waals surface area contributed by atoms with Crippen molar-refractivity contribution in [1.29, 1.82) is 5.26 Å². The van der Waals surface area contributed by atoms with Gasteiger partial charge in [0.05, 0.1) is 0 Å². The number of nitriles is 1. The highest BCUT2D eigenvalue weighted by Gasteiger charge is 2.36. The zero-order chi connectivity index (χ0) is 11.4. The second-order valence-electron chi connectivity index (χ2n) is 2.99. The highest BCUT2D eigenvalue weighted by molar-refractivity contribution is 6.64. The van der Waals surface area contributed by atoms with Crippen molar-refractivity contribution in [3.63, 3.8) is 0 Å². The van der Waals surface area contributed by atoms with Gasteiger partial charge in [0.1, 0.15) is 7.11 Å². The van der Waals surface area contributed by atoms with Gasteiger partial charge in [0.15, 0.2) is 6.19 Å². The van der Waals surface area contributed by atoms with Gasteiger partial charge < -0.3 is 10.6 Å². The zero-order valence-corrected chi connectivity index (χ0v) is 8.14. The molecule has 1 saturated carbocycles. The second-order valence-corrected chi connectivity index (χ2v) is 2.99. The fourth-order valence-electron chi connectivity index (χ4n) is 1.02. The molecular weight excluding hydrogens is 200 g/mol. The minimum Gasteiger partial charge on any atom is -0.398 e. The molecule has 1 fully saturated rings. The molecule has 2 amide bonds. The molecule has 0 atom stereocenters. The summed E-state index contributed by atoms with van der Waals surface area (Å²) in [6.07, 6.45) is 3.19. The summed E-state index contributed by atoms with van der Waals surface area (Å²) in [5, 5.41) is 11.9. The van der Waals surface area contributed by atoms with E-state index in [9.17, 15) is 9.59 Å². The predicted octanol–water partition coefficient (Wildman–Crippen LogP) is -1.05. The van der Waals surface area contributed by atoms with Crippen molar-refractivity contribution < 1.29 is 14.4 Å². The Labute approximate surface area is 86.1 Å². The van der Waals surface area contributed by atoms with Crippen LogP contribution in [0.25, 0.3) is 0 Å². The summed E-state index contributed by atoms with van der Waals surface area (Å²) in [4.78, 5) is 27.6. The van der Waals surface area contributed by atoms with Crippen molar-refractivity contribution in [3.8, 4) is 6.19 Å². The Morgan fingerprint density at radius 2 is 2.20 bits per heavy atom. The van der Waals surface area contributed by atoms with Gasteiger partial charge in [0.2, 0.25) is 5.71 Å². The Morgan fingerprint density at radius 3 is 2.53 bits per heavy atom. The van der Waals surface area contributed by atoms with E-state index >= 15 is 0 Å². The zero-order valence-electron chi connectivity index (χ0n) is 8.14. The third-order valence-electron chi connectivity index (χ3n) is 1.86. The minimum atomic E-state index is -1.01. The molecule has 2 N–H and O–H groups in total. The van der Waals surface area contributed by atoms with E-state index in [0.29, 0.717) is 0 Å². The molecule has 0 spiro atoms. The third kappa shape index (κ3) is 2.43. The molecule has 1 rings (SSSR count). The fourth-order valence-corrected chi connectivity index (χ4v) is 1.02. The van der Waals surface area contributed by atoms with Gasteiger partial charge in [-0.05, 0) is 12.8 Å². The number of hydrogen-bond donors (Lipinski definition) is 1. The molecule has 0 bridgehead atoms. The van der Waals surface area contributed by atoms with Crippen molar-refractivity contribution in [2.75, 3.05) is 7.11 Å². The number of carbonyl (C=O) groups is 2. The minimum absolute atomic E-state index is 0.135. The molecule has 0 aromatic carbocycles. The van der Waals surface area contributed by atoms with Crippen LogP contribution >= 0.6 is 0 Å². The topological polar surface area (TPSA) is 109 Å². The van der Waals surface area contributed by atoms with E-state index in [1.54, 1.807) is 6.19 Å². The van der Waals surface area contributed by atoms with Crippen molar-refractivity contribution >= 4 is 17.5 Å². The van der Waals surface area contributed by atoms with Gasteiger partial charge in [-0.15, -0.1) is 0 Å². The second kappa shape index (κ2) is 4.41. The first-order chi connectivity index (χ1) is 7.11. The lowest BCUT2D eigenvalue weighted by atomic mass is 10.3. The molecule has 0 aromatic rings. The Bertz CT molecular complexity index is 353. The summed E-state index contributed by atoms with van der Waals surface area (Å²) in [5.41, 5.74) is 4.37. The molecule has 0 radical (unpaired) electrons. The molecule has 7 heteroatoms. The van der Waals surface area contributed by atoms with Crippen LogP contribution in [0.1, 0.15) is 12.8 Å². The van der Waals surface area contributed by atoms with Gasteiger partial charge in [-0.3, -0.25) is 9.59 Å². The number of hydrogen-bond acceptors (Lipinski definition) is 5. The van der Waals surface area contributed by atoms with E-state index in [2.05, 4.69) is 9.99 Å². The number of nitrogens with two attached hydrogens (primary N) is 1. The summed E-state index contributed by atoms with van der Waals surface area (Å²) < 4.78 is 0. The molecule has 0 saturated heterocycles. The Balaban J connectivity index is 2.84. The van der Waals surface area contributed by atoms with E-state index in [0.717, 1.165) is 17.7 Å². The fraction of sp³-hybridized carbons (Fsp3) is 0.500. The largest absolute Gasteiger partial charge is 0.398 e. The van der Waals surface area contributed by atoms with Crippen LogP contribution in [0.3, 0.4) is 0 Å². The van der Waals surface area contributed by atoms with Crippen LogP contribution in [0.4, 0.5) is 0 Å². The quantitative estimate of drug-likeness (QED) is 0.210. The van der Waals surface area contributed by atoms with Crippen molar-refractivity contribution in [3.05, 3.63) is 0 Å².